The van der Waals surface area contributed by atoms with Gasteiger partial charge in [-0.3, -0.25) is 9.59 Å². The van der Waals surface area contributed by atoms with E-state index < -0.39 is 5.41 Å². The Labute approximate surface area is 139 Å². The molecule has 0 aliphatic heterocycles. The number of hydrogen-bond donors (Lipinski definition) is 2. The van der Waals surface area contributed by atoms with E-state index in [9.17, 15) is 9.59 Å². The van der Waals surface area contributed by atoms with Gasteiger partial charge in [-0.1, -0.05) is 36.0 Å². The van der Waals surface area contributed by atoms with Crippen LogP contribution in [0.5, 0.6) is 0 Å². The summed E-state index contributed by atoms with van der Waals surface area (Å²) in [6.45, 7) is 0. The van der Waals surface area contributed by atoms with E-state index in [1.807, 2.05) is 0 Å². The topological polar surface area (TPSA) is 58.2 Å². The van der Waals surface area contributed by atoms with Crippen molar-refractivity contribution in [3.63, 3.8) is 0 Å². The quantitative estimate of drug-likeness (QED) is 0.819. The van der Waals surface area contributed by atoms with E-state index in [0.717, 1.165) is 25.7 Å². The standard InChI is InChI=1S/C16H18Cl2N2O2/c17-12-6-5-11(9-13(12)18)20-15(22)16(7-8-16)14(21)19-10-3-1-2-4-10/h5-6,9-10H,1-4,7-8H2,(H,19,21)(H,20,22). The number of amides is 2. The Morgan fingerprint density at radius 3 is 2.32 bits per heavy atom. The van der Waals surface area contributed by atoms with Gasteiger partial charge in [0.2, 0.25) is 11.8 Å². The number of halogens is 2. The van der Waals surface area contributed by atoms with Crippen molar-refractivity contribution >= 4 is 40.7 Å². The number of carbonyl (C=O) groups is 2. The van der Waals surface area contributed by atoms with E-state index in [0.29, 0.717) is 28.6 Å². The molecule has 0 aromatic heterocycles. The van der Waals surface area contributed by atoms with Gasteiger partial charge in [0.25, 0.3) is 0 Å². The average molecular weight is 341 g/mol. The zero-order valence-corrected chi connectivity index (χ0v) is 13.6. The molecule has 22 heavy (non-hydrogen) atoms. The summed E-state index contributed by atoms with van der Waals surface area (Å²) in [6, 6.07) is 5.12. The van der Waals surface area contributed by atoms with Gasteiger partial charge in [-0.25, -0.2) is 0 Å². The molecule has 2 N–H and O–H groups in total. The molecule has 1 aromatic carbocycles. The van der Waals surface area contributed by atoms with E-state index in [4.69, 9.17) is 23.2 Å². The number of benzene rings is 1. The average Bonchev–Trinajstić information content (AvgIpc) is 3.16. The monoisotopic (exact) mass is 340 g/mol. The Morgan fingerprint density at radius 2 is 1.73 bits per heavy atom. The van der Waals surface area contributed by atoms with Gasteiger partial charge in [-0.05, 0) is 43.9 Å². The van der Waals surface area contributed by atoms with Crippen LogP contribution in [0.25, 0.3) is 0 Å². The maximum Gasteiger partial charge on any atom is 0.240 e. The van der Waals surface area contributed by atoms with E-state index in [1.165, 1.54) is 0 Å². The summed E-state index contributed by atoms with van der Waals surface area (Å²) in [4.78, 5) is 24.9. The van der Waals surface area contributed by atoms with Crippen molar-refractivity contribution in [3.8, 4) is 0 Å². The van der Waals surface area contributed by atoms with Crippen LogP contribution in [-0.2, 0) is 9.59 Å². The fourth-order valence-corrected chi connectivity index (χ4v) is 3.20. The van der Waals surface area contributed by atoms with E-state index in [-0.39, 0.29) is 17.9 Å². The molecule has 0 saturated heterocycles. The van der Waals surface area contributed by atoms with Crippen LogP contribution in [-0.4, -0.2) is 17.9 Å². The summed E-state index contributed by atoms with van der Waals surface area (Å²) in [5.74, 6) is -0.404. The number of rotatable bonds is 4. The second kappa shape index (κ2) is 6.09. The molecular weight excluding hydrogens is 323 g/mol. The lowest BCUT2D eigenvalue weighted by Crippen LogP contribution is -2.43. The van der Waals surface area contributed by atoms with Gasteiger partial charge in [-0.15, -0.1) is 0 Å². The summed E-state index contributed by atoms with van der Waals surface area (Å²) in [5, 5.41) is 6.60. The Bertz CT molecular complexity index is 608. The molecule has 2 fully saturated rings. The fourth-order valence-electron chi connectivity index (χ4n) is 2.90. The lowest BCUT2D eigenvalue weighted by molar-refractivity contribution is -0.134. The third-order valence-electron chi connectivity index (χ3n) is 4.49. The second-order valence-electron chi connectivity index (χ2n) is 6.12. The lowest BCUT2D eigenvalue weighted by atomic mass is 10.0. The molecule has 1 aromatic rings. The molecule has 2 aliphatic carbocycles. The van der Waals surface area contributed by atoms with E-state index in [2.05, 4.69) is 10.6 Å². The molecule has 2 amide bonds. The van der Waals surface area contributed by atoms with Crippen molar-refractivity contribution in [2.45, 2.75) is 44.6 Å². The first-order valence-corrected chi connectivity index (χ1v) is 8.34. The van der Waals surface area contributed by atoms with Gasteiger partial charge >= 0.3 is 0 Å². The molecule has 0 heterocycles. The molecule has 2 aliphatic rings. The van der Waals surface area contributed by atoms with Gasteiger partial charge in [-0.2, -0.15) is 0 Å². The number of hydrogen-bond acceptors (Lipinski definition) is 2. The molecule has 0 atom stereocenters. The van der Waals surface area contributed by atoms with Crippen molar-refractivity contribution in [3.05, 3.63) is 28.2 Å². The number of anilines is 1. The number of nitrogens with one attached hydrogen (secondary N) is 2. The van der Waals surface area contributed by atoms with Gasteiger partial charge in [0.05, 0.1) is 10.0 Å². The molecular formula is C16H18Cl2N2O2. The summed E-state index contributed by atoms with van der Waals surface area (Å²) < 4.78 is 0. The molecule has 3 rings (SSSR count). The van der Waals surface area contributed by atoms with Crippen molar-refractivity contribution in [1.29, 1.82) is 0 Å². The van der Waals surface area contributed by atoms with Crippen molar-refractivity contribution < 1.29 is 9.59 Å². The van der Waals surface area contributed by atoms with E-state index in [1.54, 1.807) is 18.2 Å². The Hall–Kier alpha value is -1.26. The van der Waals surface area contributed by atoms with Crippen LogP contribution in [0.1, 0.15) is 38.5 Å². The van der Waals surface area contributed by atoms with Gasteiger partial charge in [0, 0.05) is 11.7 Å². The molecule has 6 heteroatoms. The number of carbonyl (C=O) groups excluding carboxylic acids is 2. The van der Waals surface area contributed by atoms with E-state index >= 15 is 0 Å². The highest BCUT2D eigenvalue weighted by Crippen LogP contribution is 2.47. The third-order valence-corrected chi connectivity index (χ3v) is 5.23. The minimum Gasteiger partial charge on any atom is -0.352 e. The van der Waals surface area contributed by atoms with Gasteiger partial charge < -0.3 is 10.6 Å². The molecule has 4 nitrogen and oxygen atoms in total. The predicted molar refractivity (Wildman–Crippen MR) is 87.2 cm³/mol. The Kier molecular flexibility index (Phi) is 4.33. The van der Waals surface area contributed by atoms with Gasteiger partial charge in [0.1, 0.15) is 5.41 Å². The highest BCUT2D eigenvalue weighted by Gasteiger charge is 2.56. The molecule has 118 valence electrons. The summed E-state index contributed by atoms with van der Waals surface area (Å²) in [7, 11) is 0. The van der Waals surface area contributed by atoms with Crippen LogP contribution < -0.4 is 10.6 Å². The predicted octanol–water partition coefficient (Wildman–Crippen LogP) is 3.77. The largest absolute Gasteiger partial charge is 0.352 e. The Morgan fingerprint density at radius 1 is 1.05 bits per heavy atom. The second-order valence-corrected chi connectivity index (χ2v) is 6.93. The SMILES string of the molecule is O=C(Nc1ccc(Cl)c(Cl)c1)C1(C(=O)NC2CCCC2)CC1. The van der Waals surface area contributed by atoms with Crippen LogP contribution in [0.3, 0.4) is 0 Å². The van der Waals surface area contributed by atoms with Crippen molar-refractivity contribution in [1.82, 2.24) is 5.32 Å². The van der Waals surface area contributed by atoms with Crippen molar-refractivity contribution in [2.24, 2.45) is 5.41 Å². The minimum absolute atomic E-state index is 0.142. The summed E-state index contributed by atoms with van der Waals surface area (Å²) in [5.41, 5.74) is -0.353. The highest BCUT2D eigenvalue weighted by molar-refractivity contribution is 6.42. The summed E-state index contributed by atoms with van der Waals surface area (Å²) >= 11 is 11.8. The first kappa shape index (κ1) is 15.6. The maximum atomic E-state index is 12.5. The van der Waals surface area contributed by atoms with Crippen LogP contribution in [0.15, 0.2) is 18.2 Å². The first-order valence-electron chi connectivity index (χ1n) is 7.59. The summed E-state index contributed by atoms with van der Waals surface area (Å²) in [6.07, 6.45) is 5.50. The lowest BCUT2D eigenvalue weighted by Gasteiger charge is -2.19. The Balaban J connectivity index is 1.65. The maximum absolute atomic E-state index is 12.5. The molecule has 2 saturated carbocycles. The molecule has 0 radical (unpaired) electrons. The molecule has 0 unspecified atom stereocenters. The van der Waals surface area contributed by atoms with Crippen LogP contribution >= 0.6 is 23.2 Å². The van der Waals surface area contributed by atoms with Crippen molar-refractivity contribution in [2.75, 3.05) is 5.32 Å². The highest BCUT2D eigenvalue weighted by atomic mass is 35.5. The molecule has 0 spiro atoms. The third kappa shape index (κ3) is 3.08. The zero-order chi connectivity index (χ0) is 15.7. The van der Waals surface area contributed by atoms with Crippen LogP contribution in [0, 0.1) is 5.41 Å². The molecule has 0 bridgehead atoms. The minimum atomic E-state index is -0.908. The van der Waals surface area contributed by atoms with Gasteiger partial charge in [0.15, 0.2) is 0 Å². The smallest absolute Gasteiger partial charge is 0.240 e. The fraction of sp³-hybridized carbons (Fsp3) is 0.500. The zero-order valence-electron chi connectivity index (χ0n) is 12.1. The first-order chi connectivity index (χ1) is 10.5. The normalized spacial score (nSPS) is 19.7. The van der Waals surface area contributed by atoms with Crippen LogP contribution in [0.2, 0.25) is 10.0 Å². The van der Waals surface area contributed by atoms with Crippen LogP contribution in [0.4, 0.5) is 5.69 Å².